The molecule has 2 aliphatic heterocycles. The second-order valence-electron chi connectivity index (χ2n) is 3.52. The molecule has 2 fully saturated rings. The van der Waals surface area contributed by atoms with Crippen molar-refractivity contribution in [3.05, 3.63) is 0 Å². The van der Waals surface area contributed by atoms with Crippen LogP contribution in [0, 0.1) is 0 Å². The molecule has 1 spiro atoms. The van der Waals surface area contributed by atoms with E-state index < -0.39 is 5.97 Å². The zero-order valence-electron chi connectivity index (χ0n) is 7.63. The van der Waals surface area contributed by atoms with E-state index in [1.807, 2.05) is 0 Å². The van der Waals surface area contributed by atoms with Gasteiger partial charge in [-0.1, -0.05) is 0 Å². The Hall–Kier alpha value is 0.170. The Kier molecular flexibility index (Phi) is 3.09. The smallest absolute Gasteiger partial charge is 0.283 e. The minimum absolute atomic E-state index is 0.0912. The second-order valence-corrected chi connectivity index (χ2v) is 3.83. The van der Waals surface area contributed by atoms with E-state index in [0.717, 1.165) is 32.3 Å². The predicted molar refractivity (Wildman–Crippen MR) is 48.7 cm³/mol. The lowest BCUT2D eigenvalue weighted by atomic mass is 10.1. The molecule has 2 saturated heterocycles. The highest BCUT2D eigenvalue weighted by Gasteiger charge is 2.40. The number of ether oxygens (including phenoxy) is 3. The summed E-state index contributed by atoms with van der Waals surface area (Å²) in [6.07, 6.45) is 4.00. The molecule has 13 heavy (non-hydrogen) atoms. The van der Waals surface area contributed by atoms with E-state index >= 15 is 0 Å². The van der Waals surface area contributed by atoms with Gasteiger partial charge in [-0.2, -0.15) is 0 Å². The fourth-order valence-electron chi connectivity index (χ4n) is 1.75. The maximum Gasteiger partial charge on any atom is 0.283 e. The topological polar surface area (TPSA) is 27.7 Å². The maximum atomic E-state index is 5.75. The lowest BCUT2D eigenvalue weighted by Crippen LogP contribution is -2.49. The summed E-state index contributed by atoms with van der Waals surface area (Å²) in [6, 6.07) is 0. The molecule has 0 aromatic carbocycles. The molecular formula is C9H15ClO3. The van der Waals surface area contributed by atoms with E-state index in [1.54, 1.807) is 0 Å². The van der Waals surface area contributed by atoms with E-state index in [2.05, 4.69) is 0 Å². The summed E-state index contributed by atoms with van der Waals surface area (Å²) in [5, 5.41) is 0. The van der Waals surface area contributed by atoms with E-state index in [0.29, 0.717) is 12.5 Å². The van der Waals surface area contributed by atoms with Crippen molar-refractivity contribution < 1.29 is 14.2 Å². The minimum Gasteiger partial charge on any atom is -0.327 e. The van der Waals surface area contributed by atoms with Crippen molar-refractivity contribution in [1.82, 2.24) is 0 Å². The van der Waals surface area contributed by atoms with Crippen LogP contribution in [-0.2, 0) is 14.2 Å². The molecule has 2 unspecified atom stereocenters. The number of halogens is 1. The molecule has 2 atom stereocenters. The van der Waals surface area contributed by atoms with Crippen LogP contribution in [0.15, 0.2) is 0 Å². The minimum atomic E-state index is -0.754. The van der Waals surface area contributed by atoms with Gasteiger partial charge in [0.15, 0.2) is 0 Å². The van der Waals surface area contributed by atoms with Gasteiger partial charge >= 0.3 is 0 Å². The molecule has 0 aliphatic carbocycles. The van der Waals surface area contributed by atoms with Crippen LogP contribution in [0.25, 0.3) is 0 Å². The Morgan fingerprint density at radius 2 is 2.08 bits per heavy atom. The highest BCUT2D eigenvalue weighted by molar-refractivity contribution is 6.18. The van der Waals surface area contributed by atoms with Crippen molar-refractivity contribution in [3.63, 3.8) is 0 Å². The van der Waals surface area contributed by atoms with Crippen molar-refractivity contribution in [2.45, 2.75) is 37.8 Å². The van der Waals surface area contributed by atoms with Gasteiger partial charge in [-0.3, -0.25) is 0 Å². The van der Waals surface area contributed by atoms with E-state index in [4.69, 9.17) is 25.8 Å². The SMILES string of the molecule is ClCC1CCOC2(CCCCO2)O1. The first-order chi connectivity index (χ1) is 6.35. The third-order valence-electron chi connectivity index (χ3n) is 2.48. The molecule has 0 aromatic heterocycles. The summed E-state index contributed by atoms with van der Waals surface area (Å²) < 4.78 is 16.8. The fraction of sp³-hybridized carbons (Fsp3) is 1.00. The van der Waals surface area contributed by atoms with Gasteiger partial charge in [0.2, 0.25) is 0 Å². The third kappa shape index (κ3) is 2.15. The molecule has 0 radical (unpaired) electrons. The van der Waals surface area contributed by atoms with Crippen molar-refractivity contribution >= 4 is 11.6 Å². The van der Waals surface area contributed by atoms with Crippen LogP contribution in [-0.4, -0.2) is 31.2 Å². The molecule has 0 amide bonds. The predicted octanol–water partition coefficient (Wildman–Crippen LogP) is 1.89. The van der Waals surface area contributed by atoms with Crippen molar-refractivity contribution in [1.29, 1.82) is 0 Å². The Morgan fingerprint density at radius 3 is 2.77 bits per heavy atom. The monoisotopic (exact) mass is 206 g/mol. The standard InChI is InChI=1S/C9H15ClO3/c10-7-8-3-6-12-9(13-8)4-1-2-5-11-9/h8H,1-7H2. The first-order valence-corrected chi connectivity index (χ1v) is 5.40. The van der Waals surface area contributed by atoms with Gasteiger partial charge in [0, 0.05) is 12.3 Å². The average Bonchev–Trinajstić information content (AvgIpc) is 2.19. The summed E-state index contributed by atoms with van der Waals surface area (Å²) in [5.74, 6) is -0.232. The summed E-state index contributed by atoms with van der Waals surface area (Å²) >= 11 is 5.75. The van der Waals surface area contributed by atoms with Crippen molar-refractivity contribution in [2.24, 2.45) is 0 Å². The highest BCUT2D eigenvalue weighted by atomic mass is 35.5. The molecule has 0 bridgehead atoms. The van der Waals surface area contributed by atoms with Gasteiger partial charge < -0.3 is 14.2 Å². The number of hydrogen-bond donors (Lipinski definition) is 0. The summed E-state index contributed by atoms with van der Waals surface area (Å²) in [6.45, 7) is 1.42. The van der Waals surface area contributed by atoms with Gasteiger partial charge in [-0.15, -0.1) is 11.6 Å². The van der Waals surface area contributed by atoms with Gasteiger partial charge in [-0.05, 0) is 19.3 Å². The van der Waals surface area contributed by atoms with Gasteiger partial charge in [0.1, 0.15) is 0 Å². The van der Waals surface area contributed by atoms with E-state index in [1.165, 1.54) is 0 Å². The molecule has 2 heterocycles. The summed E-state index contributed by atoms with van der Waals surface area (Å²) in [5.41, 5.74) is 0. The van der Waals surface area contributed by atoms with E-state index in [-0.39, 0.29) is 6.10 Å². The Balaban J connectivity index is 1.95. The van der Waals surface area contributed by atoms with Crippen molar-refractivity contribution in [3.8, 4) is 0 Å². The number of rotatable bonds is 1. The molecule has 3 nitrogen and oxygen atoms in total. The van der Waals surface area contributed by atoms with Gasteiger partial charge in [0.05, 0.1) is 19.3 Å². The quantitative estimate of drug-likeness (QED) is 0.614. The molecule has 0 saturated carbocycles. The normalized spacial score (nSPS) is 40.8. The molecule has 4 heteroatoms. The van der Waals surface area contributed by atoms with Gasteiger partial charge in [-0.25, -0.2) is 0 Å². The van der Waals surface area contributed by atoms with Crippen LogP contribution in [0.1, 0.15) is 25.7 Å². The van der Waals surface area contributed by atoms with Gasteiger partial charge in [0.25, 0.3) is 5.97 Å². The van der Waals surface area contributed by atoms with Crippen LogP contribution in [0.3, 0.4) is 0 Å². The lowest BCUT2D eigenvalue weighted by molar-refractivity contribution is -0.423. The third-order valence-corrected chi connectivity index (χ3v) is 2.82. The molecule has 0 aromatic rings. The van der Waals surface area contributed by atoms with Crippen LogP contribution in [0.4, 0.5) is 0 Å². The first kappa shape index (κ1) is 9.71. The van der Waals surface area contributed by atoms with Crippen LogP contribution >= 0.6 is 11.6 Å². The summed E-state index contributed by atoms with van der Waals surface area (Å²) in [4.78, 5) is 0. The molecular weight excluding hydrogens is 192 g/mol. The Bertz CT molecular complexity index is 163. The summed E-state index contributed by atoms with van der Waals surface area (Å²) in [7, 11) is 0. The fourth-order valence-corrected chi connectivity index (χ4v) is 1.97. The highest BCUT2D eigenvalue weighted by Crippen LogP contribution is 2.32. The van der Waals surface area contributed by atoms with Crippen LogP contribution < -0.4 is 0 Å². The zero-order chi connectivity index (χ0) is 9.15. The molecule has 2 rings (SSSR count). The molecule has 0 N–H and O–H groups in total. The number of alkyl halides is 1. The molecule has 2 aliphatic rings. The Morgan fingerprint density at radius 1 is 1.23 bits per heavy atom. The average molecular weight is 207 g/mol. The van der Waals surface area contributed by atoms with Crippen LogP contribution in [0.2, 0.25) is 0 Å². The van der Waals surface area contributed by atoms with Crippen LogP contribution in [0.5, 0.6) is 0 Å². The van der Waals surface area contributed by atoms with E-state index in [9.17, 15) is 0 Å². The second kappa shape index (κ2) is 4.13. The molecule has 76 valence electrons. The number of hydrogen-bond acceptors (Lipinski definition) is 3. The Labute approximate surface area is 83.3 Å². The largest absolute Gasteiger partial charge is 0.327 e. The zero-order valence-corrected chi connectivity index (χ0v) is 8.39. The first-order valence-electron chi connectivity index (χ1n) is 4.86. The maximum absolute atomic E-state index is 5.75. The van der Waals surface area contributed by atoms with Crippen molar-refractivity contribution in [2.75, 3.05) is 19.1 Å². The lowest BCUT2D eigenvalue weighted by Gasteiger charge is -2.41.